The smallest absolute Gasteiger partial charge is 0.267 e. The number of hydrogen-bond acceptors (Lipinski definition) is 4. The Kier molecular flexibility index (Phi) is 5.22. The Balaban J connectivity index is 1.88. The molecule has 1 aliphatic heterocycles. The van der Waals surface area contributed by atoms with Gasteiger partial charge in [-0.1, -0.05) is 18.2 Å². The van der Waals surface area contributed by atoms with Crippen LogP contribution in [0.3, 0.4) is 0 Å². The number of carbonyl (C=O) groups is 2. The number of likely N-dealkylation sites (N-methyl/N-ethyl adjacent to an activating group) is 1. The number of rotatable bonds is 4. The van der Waals surface area contributed by atoms with Crippen molar-refractivity contribution in [3.63, 3.8) is 0 Å². The molecule has 0 radical (unpaired) electrons. The molecule has 1 heterocycles. The number of halogens is 1. The van der Waals surface area contributed by atoms with Crippen LogP contribution in [0.25, 0.3) is 6.08 Å². The lowest BCUT2D eigenvalue weighted by molar-refractivity contribution is -0.117. The van der Waals surface area contributed by atoms with Crippen LogP contribution >= 0.6 is 22.6 Å². The van der Waals surface area contributed by atoms with Crippen molar-refractivity contribution in [1.29, 1.82) is 0 Å². The van der Waals surface area contributed by atoms with E-state index in [4.69, 9.17) is 9.47 Å². The maximum absolute atomic E-state index is 12.5. The monoisotopic (exact) mass is 450 g/mol. The van der Waals surface area contributed by atoms with E-state index in [1.807, 2.05) is 12.1 Å². The maximum Gasteiger partial charge on any atom is 0.267 e. The van der Waals surface area contributed by atoms with Gasteiger partial charge in [-0.05, 0) is 58.5 Å². The summed E-state index contributed by atoms with van der Waals surface area (Å²) in [5, 5.41) is 5.20. The van der Waals surface area contributed by atoms with Gasteiger partial charge in [0.15, 0.2) is 11.5 Å². The van der Waals surface area contributed by atoms with Gasteiger partial charge in [0.2, 0.25) is 6.79 Å². The first kappa shape index (κ1) is 17.3. The fraction of sp³-hybridized carbons (Fsp3) is 0.111. The van der Waals surface area contributed by atoms with Gasteiger partial charge in [-0.25, -0.2) is 0 Å². The molecular weight excluding hydrogens is 435 g/mol. The molecule has 7 heteroatoms. The lowest BCUT2D eigenvalue weighted by Crippen LogP contribution is -2.33. The van der Waals surface area contributed by atoms with Crippen molar-refractivity contribution in [3.8, 4) is 11.5 Å². The molecule has 0 unspecified atom stereocenters. The number of ether oxygens (including phenoxy) is 2. The van der Waals surface area contributed by atoms with Gasteiger partial charge in [-0.2, -0.15) is 0 Å². The molecular formula is C18H15IN2O4. The van der Waals surface area contributed by atoms with Crippen LogP contribution < -0.4 is 20.1 Å². The highest BCUT2D eigenvalue weighted by atomic mass is 127. The summed E-state index contributed by atoms with van der Waals surface area (Å²) < 4.78 is 11.4. The van der Waals surface area contributed by atoms with E-state index in [1.165, 1.54) is 7.05 Å². The molecule has 0 aromatic heterocycles. The molecule has 128 valence electrons. The van der Waals surface area contributed by atoms with E-state index in [2.05, 4.69) is 33.2 Å². The van der Waals surface area contributed by atoms with Crippen LogP contribution in [-0.2, 0) is 4.79 Å². The lowest BCUT2D eigenvalue weighted by atomic mass is 10.1. The average molecular weight is 450 g/mol. The van der Waals surface area contributed by atoms with Crippen LogP contribution in [0.15, 0.2) is 48.2 Å². The Hall–Kier alpha value is -2.55. The first-order valence-electron chi connectivity index (χ1n) is 7.48. The molecule has 6 nitrogen and oxygen atoms in total. The minimum Gasteiger partial charge on any atom is -0.454 e. The standard InChI is InChI=1S/C18H15IN2O4/c1-20-18(23)14(21-17(22)12-4-2-3-5-13(12)19)8-11-6-7-15-16(9-11)25-10-24-15/h2-9H,10H2,1H3,(H,20,23)(H,21,22). The minimum atomic E-state index is -0.392. The fourth-order valence-corrected chi connectivity index (χ4v) is 2.93. The second kappa shape index (κ2) is 7.56. The molecule has 3 rings (SSSR count). The summed E-state index contributed by atoms with van der Waals surface area (Å²) in [5.41, 5.74) is 1.36. The Morgan fingerprint density at radius 1 is 1.12 bits per heavy atom. The SMILES string of the molecule is CNC(=O)C(=Cc1ccc2c(c1)OCO2)NC(=O)c1ccccc1I. The van der Waals surface area contributed by atoms with Crippen LogP contribution in [0.2, 0.25) is 0 Å². The summed E-state index contributed by atoms with van der Waals surface area (Å²) in [5.74, 6) is 0.521. The maximum atomic E-state index is 12.5. The van der Waals surface area contributed by atoms with Gasteiger partial charge in [0.05, 0.1) is 5.56 Å². The topological polar surface area (TPSA) is 76.7 Å². The first-order chi connectivity index (χ1) is 12.1. The van der Waals surface area contributed by atoms with E-state index >= 15 is 0 Å². The van der Waals surface area contributed by atoms with Crippen LogP contribution in [0.1, 0.15) is 15.9 Å². The molecule has 0 aliphatic carbocycles. The molecule has 25 heavy (non-hydrogen) atoms. The first-order valence-corrected chi connectivity index (χ1v) is 8.55. The van der Waals surface area contributed by atoms with Crippen molar-refractivity contribution in [3.05, 3.63) is 62.9 Å². The summed E-state index contributed by atoms with van der Waals surface area (Å²) >= 11 is 2.08. The third kappa shape index (κ3) is 3.93. The van der Waals surface area contributed by atoms with Crippen molar-refractivity contribution in [2.24, 2.45) is 0 Å². The third-order valence-electron chi connectivity index (χ3n) is 3.55. The quantitative estimate of drug-likeness (QED) is 0.555. The highest BCUT2D eigenvalue weighted by Gasteiger charge is 2.17. The summed E-state index contributed by atoms with van der Waals surface area (Å²) in [4.78, 5) is 24.6. The van der Waals surface area contributed by atoms with Gasteiger partial charge in [0.1, 0.15) is 5.70 Å². The molecule has 0 spiro atoms. The predicted molar refractivity (Wildman–Crippen MR) is 101 cm³/mol. The molecule has 2 aromatic rings. The van der Waals surface area contributed by atoms with Gasteiger partial charge in [-0.3, -0.25) is 9.59 Å². The van der Waals surface area contributed by atoms with E-state index in [0.29, 0.717) is 22.6 Å². The van der Waals surface area contributed by atoms with Gasteiger partial charge in [0.25, 0.3) is 11.8 Å². The zero-order valence-corrected chi connectivity index (χ0v) is 15.5. The zero-order valence-electron chi connectivity index (χ0n) is 13.3. The Bertz CT molecular complexity index is 864. The molecule has 0 bridgehead atoms. The number of carbonyl (C=O) groups excluding carboxylic acids is 2. The summed E-state index contributed by atoms with van der Waals surface area (Å²) in [6, 6.07) is 12.5. The van der Waals surface area contributed by atoms with Crippen LogP contribution in [0, 0.1) is 3.57 Å². The predicted octanol–water partition coefficient (Wildman–Crippen LogP) is 2.54. The van der Waals surface area contributed by atoms with Crippen LogP contribution in [0.4, 0.5) is 0 Å². The number of benzene rings is 2. The lowest BCUT2D eigenvalue weighted by Gasteiger charge is -2.10. The van der Waals surface area contributed by atoms with Crippen molar-refractivity contribution in [2.75, 3.05) is 13.8 Å². The molecule has 2 aromatic carbocycles. The highest BCUT2D eigenvalue weighted by Crippen LogP contribution is 2.33. The van der Waals surface area contributed by atoms with Crippen molar-refractivity contribution in [2.45, 2.75) is 0 Å². The summed E-state index contributed by atoms with van der Waals surface area (Å²) in [6.07, 6.45) is 1.59. The average Bonchev–Trinajstić information content (AvgIpc) is 3.08. The molecule has 1 aliphatic rings. The van der Waals surface area contributed by atoms with E-state index in [9.17, 15) is 9.59 Å². The number of fused-ring (bicyclic) bond motifs is 1. The van der Waals surface area contributed by atoms with Crippen molar-refractivity contribution in [1.82, 2.24) is 10.6 Å². The van der Waals surface area contributed by atoms with Crippen LogP contribution in [-0.4, -0.2) is 25.7 Å². The van der Waals surface area contributed by atoms with Crippen molar-refractivity contribution >= 4 is 40.5 Å². The second-order valence-corrected chi connectivity index (χ2v) is 6.35. The number of amides is 2. The van der Waals surface area contributed by atoms with Crippen molar-refractivity contribution < 1.29 is 19.1 Å². The van der Waals surface area contributed by atoms with Gasteiger partial charge >= 0.3 is 0 Å². The van der Waals surface area contributed by atoms with Gasteiger partial charge in [0, 0.05) is 10.6 Å². The minimum absolute atomic E-state index is 0.144. The highest BCUT2D eigenvalue weighted by molar-refractivity contribution is 14.1. The van der Waals surface area contributed by atoms with E-state index in [-0.39, 0.29) is 18.4 Å². The Morgan fingerprint density at radius 2 is 1.88 bits per heavy atom. The summed E-state index contributed by atoms with van der Waals surface area (Å²) in [7, 11) is 1.51. The van der Waals surface area contributed by atoms with Crippen LogP contribution in [0.5, 0.6) is 11.5 Å². The fourth-order valence-electron chi connectivity index (χ4n) is 2.30. The molecule has 2 N–H and O–H groups in total. The molecule has 0 saturated carbocycles. The normalized spacial score (nSPS) is 12.6. The Labute approximate surface area is 158 Å². The van der Waals surface area contributed by atoms with E-state index in [1.54, 1.807) is 36.4 Å². The summed E-state index contributed by atoms with van der Waals surface area (Å²) in [6.45, 7) is 0.175. The molecule has 0 saturated heterocycles. The van der Waals surface area contributed by atoms with Gasteiger partial charge in [-0.15, -0.1) is 0 Å². The third-order valence-corrected chi connectivity index (χ3v) is 4.49. The molecule has 0 atom stereocenters. The number of hydrogen-bond donors (Lipinski definition) is 2. The molecule has 2 amide bonds. The largest absolute Gasteiger partial charge is 0.454 e. The zero-order chi connectivity index (χ0) is 17.8. The number of nitrogens with one attached hydrogen (secondary N) is 2. The van der Waals surface area contributed by atoms with E-state index < -0.39 is 5.91 Å². The van der Waals surface area contributed by atoms with Gasteiger partial charge < -0.3 is 20.1 Å². The van der Waals surface area contributed by atoms with E-state index in [0.717, 1.165) is 3.57 Å². The second-order valence-electron chi connectivity index (χ2n) is 5.18. The molecule has 0 fully saturated rings. The Morgan fingerprint density at radius 3 is 2.64 bits per heavy atom.